The number of fused-ring (bicyclic) bond motifs is 1. The molecule has 0 unspecified atom stereocenters. The van der Waals surface area contributed by atoms with Gasteiger partial charge in [0.05, 0.1) is 16.7 Å². The molecule has 0 bridgehead atoms. The lowest BCUT2D eigenvalue weighted by atomic mass is 10.1. The highest BCUT2D eigenvalue weighted by Gasteiger charge is 2.26. The Bertz CT molecular complexity index is 847. The molecule has 1 aromatic carbocycles. The summed E-state index contributed by atoms with van der Waals surface area (Å²) in [7, 11) is 0. The summed E-state index contributed by atoms with van der Waals surface area (Å²) in [6.07, 6.45) is 1.02. The van der Waals surface area contributed by atoms with E-state index in [4.69, 9.17) is 39.5 Å². The summed E-state index contributed by atoms with van der Waals surface area (Å²) in [5.74, 6) is -0.238. The molecule has 2 amide bonds. The van der Waals surface area contributed by atoms with Crippen LogP contribution < -0.4 is 5.32 Å². The second-order valence-corrected chi connectivity index (χ2v) is 8.21. The second kappa shape index (κ2) is 8.21. The van der Waals surface area contributed by atoms with Crippen molar-refractivity contribution >= 4 is 68.2 Å². The Labute approximate surface area is 170 Å². The van der Waals surface area contributed by atoms with Crippen molar-refractivity contribution < 1.29 is 14.3 Å². The highest BCUT2D eigenvalue weighted by Crippen LogP contribution is 2.41. The number of nitrogens with one attached hydrogen (secondary N) is 1. The lowest BCUT2D eigenvalue weighted by Crippen LogP contribution is -2.46. The van der Waals surface area contributed by atoms with Gasteiger partial charge in [-0.15, -0.1) is 11.3 Å². The van der Waals surface area contributed by atoms with Crippen molar-refractivity contribution in [1.82, 2.24) is 10.2 Å². The first-order chi connectivity index (χ1) is 12.4. The summed E-state index contributed by atoms with van der Waals surface area (Å²) in [6.45, 7) is 3.22. The smallest absolute Gasteiger partial charge is 0.409 e. The van der Waals surface area contributed by atoms with Gasteiger partial charge in [-0.05, 0) is 31.9 Å². The summed E-state index contributed by atoms with van der Waals surface area (Å²) in [5, 5.41) is 4.90. The summed E-state index contributed by atoms with van der Waals surface area (Å²) >= 11 is 19.9. The minimum atomic E-state index is -0.309. The van der Waals surface area contributed by atoms with Crippen LogP contribution in [0.1, 0.15) is 29.4 Å². The van der Waals surface area contributed by atoms with Crippen LogP contribution in [0.5, 0.6) is 0 Å². The number of likely N-dealkylation sites (tertiary alicyclic amines) is 1. The van der Waals surface area contributed by atoms with Crippen LogP contribution in [0, 0.1) is 0 Å². The number of ether oxygens (including phenoxy) is 1. The number of amides is 2. The number of piperidine rings is 1. The summed E-state index contributed by atoms with van der Waals surface area (Å²) in [5.41, 5.74) is 0. The average Bonchev–Trinajstić information content (AvgIpc) is 2.92. The second-order valence-electron chi connectivity index (χ2n) is 5.94. The normalized spacial score (nSPS) is 15.3. The van der Waals surface area contributed by atoms with Crippen LogP contribution in [0.15, 0.2) is 12.1 Å². The molecular formula is C17H17Cl3N2O3S. The lowest BCUT2D eigenvalue weighted by Gasteiger charge is -2.31. The molecule has 140 valence electrons. The maximum Gasteiger partial charge on any atom is 0.409 e. The molecule has 1 N–H and O–H groups in total. The molecule has 5 nitrogen and oxygen atoms in total. The third kappa shape index (κ3) is 4.03. The molecule has 26 heavy (non-hydrogen) atoms. The largest absolute Gasteiger partial charge is 0.450 e. The zero-order chi connectivity index (χ0) is 18.8. The van der Waals surface area contributed by atoms with E-state index >= 15 is 0 Å². The van der Waals surface area contributed by atoms with Crippen LogP contribution in [-0.4, -0.2) is 42.6 Å². The maximum absolute atomic E-state index is 12.7. The van der Waals surface area contributed by atoms with Crippen LogP contribution >= 0.6 is 46.1 Å². The van der Waals surface area contributed by atoms with E-state index in [-0.39, 0.29) is 18.0 Å². The van der Waals surface area contributed by atoms with Gasteiger partial charge in [-0.2, -0.15) is 0 Å². The average molecular weight is 436 g/mol. The van der Waals surface area contributed by atoms with E-state index in [1.807, 2.05) is 0 Å². The molecule has 0 spiro atoms. The van der Waals surface area contributed by atoms with E-state index in [0.29, 0.717) is 57.9 Å². The molecule has 0 aliphatic carbocycles. The fourth-order valence-corrected chi connectivity index (χ4v) is 5.21. The predicted molar refractivity (Wildman–Crippen MR) is 106 cm³/mol. The number of hydrogen-bond acceptors (Lipinski definition) is 4. The predicted octanol–water partition coefficient (Wildman–Crippen LogP) is 5.21. The fraction of sp³-hybridized carbons (Fsp3) is 0.412. The first-order valence-electron chi connectivity index (χ1n) is 8.20. The molecule has 3 rings (SSSR count). The van der Waals surface area contributed by atoms with E-state index in [1.54, 1.807) is 24.0 Å². The van der Waals surface area contributed by atoms with E-state index in [0.717, 1.165) is 4.70 Å². The molecule has 1 aromatic heterocycles. The Morgan fingerprint density at radius 1 is 1.27 bits per heavy atom. The Morgan fingerprint density at radius 3 is 2.62 bits per heavy atom. The van der Waals surface area contributed by atoms with Crippen LogP contribution in [-0.2, 0) is 4.74 Å². The van der Waals surface area contributed by atoms with Crippen molar-refractivity contribution in [2.75, 3.05) is 19.7 Å². The van der Waals surface area contributed by atoms with Gasteiger partial charge in [-0.3, -0.25) is 4.79 Å². The number of carbonyl (C=O) groups is 2. The van der Waals surface area contributed by atoms with Gasteiger partial charge in [-0.25, -0.2) is 4.79 Å². The molecule has 1 aliphatic heterocycles. The van der Waals surface area contributed by atoms with Crippen LogP contribution in [0.25, 0.3) is 10.1 Å². The standard InChI is InChI=1S/C17H17Cl3N2O3S/c1-2-25-17(24)22-5-3-10(4-6-22)21-16(23)15-14(20)13-11(19)7-9(18)8-12(13)26-15/h7-8,10H,2-6H2,1H3,(H,21,23). The molecule has 9 heteroatoms. The summed E-state index contributed by atoms with van der Waals surface area (Å²) in [4.78, 5) is 26.4. The Morgan fingerprint density at radius 2 is 1.96 bits per heavy atom. The third-order valence-electron chi connectivity index (χ3n) is 4.21. The van der Waals surface area contributed by atoms with Crippen LogP contribution in [0.3, 0.4) is 0 Å². The van der Waals surface area contributed by atoms with Gasteiger partial charge >= 0.3 is 6.09 Å². The Kier molecular flexibility index (Phi) is 6.17. The minimum absolute atomic E-state index is 0.0199. The first kappa shape index (κ1) is 19.5. The van der Waals surface area contributed by atoms with Crippen molar-refractivity contribution in [1.29, 1.82) is 0 Å². The molecule has 1 aliphatic rings. The van der Waals surface area contributed by atoms with Gasteiger partial charge in [0, 0.05) is 34.2 Å². The van der Waals surface area contributed by atoms with Crippen molar-refractivity contribution in [3.63, 3.8) is 0 Å². The van der Waals surface area contributed by atoms with Gasteiger partial charge in [-0.1, -0.05) is 34.8 Å². The fourth-order valence-electron chi connectivity index (χ4n) is 2.93. The SMILES string of the molecule is CCOC(=O)N1CCC(NC(=O)c2sc3cc(Cl)cc(Cl)c3c2Cl)CC1. The number of halogens is 3. The summed E-state index contributed by atoms with van der Waals surface area (Å²) in [6, 6.07) is 3.33. The number of benzene rings is 1. The highest BCUT2D eigenvalue weighted by molar-refractivity contribution is 7.21. The van der Waals surface area contributed by atoms with E-state index in [1.165, 1.54) is 11.3 Å². The summed E-state index contributed by atoms with van der Waals surface area (Å²) < 4.78 is 5.77. The number of hydrogen-bond donors (Lipinski definition) is 1. The van der Waals surface area contributed by atoms with Crippen molar-refractivity contribution in [2.45, 2.75) is 25.8 Å². The monoisotopic (exact) mass is 434 g/mol. The van der Waals surface area contributed by atoms with Gasteiger partial charge in [0.1, 0.15) is 4.88 Å². The van der Waals surface area contributed by atoms with E-state index < -0.39 is 0 Å². The lowest BCUT2D eigenvalue weighted by molar-refractivity contribution is 0.0863. The molecule has 2 aromatic rings. The maximum atomic E-state index is 12.7. The number of nitrogens with zero attached hydrogens (tertiary/aromatic N) is 1. The van der Waals surface area contributed by atoms with Gasteiger partial charge in [0.25, 0.3) is 5.91 Å². The molecular weight excluding hydrogens is 419 g/mol. The molecule has 0 radical (unpaired) electrons. The molecule has 2 heterocycles. The van der Waals surface area contributed by atoms with Crippen molar-refractivity contribution in [3.05, 3.63) is 32.1 Å². The van der Waals surface area contributed by atoms with Crippen molar-refractivity contribution in [2.24, 2.45) is 0 Å². The molecule has 1 saturated heterocycles. The quantitative estimate of drug-likeness (QED) is 0.720. The Hall–Kier alpha value is -1.21. The van der Waals surface area contributed by atoms with Crippen molar-refractivity contribution in [3.8, 4) is 0 Å². The van der Waals surface area contributed by atoms with Gasteiger partial charge in [0.2, 0.25) is 0 Å². The Balaban J connectivity index is 1.68. The molecule has 0 atom stereocenters. The first-order valence-corrected chi connectivity index (χ1v) is 10.1. The molecule has 0 saturated carbocycles. The van der Waals surface area contributed by atoms with Gasteiger partial charge < -0.3 is 15.0 Å². The van der Waals surface area contributed by atoms with Crippen LogP contribution in [0.4, 0.5) is 4.79 Å². The highest BCUT2D eigenvalue weighted by atomic mass is 35.5. The van der Waals surface area contributed by atoms with E-state index in [9.17, 15) is 9.59 Å². The topological polar surface area (TPSA) is 58.6 Å². The number of carbonyl (C=O) groups excluding carboxylic acids is 2. The van der Waals surface area contributed by atoms with E-state index in [2.05, 4.69) is 5.32 Å². The van der Waals surface area contributed by atoms with Crippen LogP contribution in [0.2, 0.25) is 15.1 Å². The number of rotatable bonds is 3. The zero-order valence-corrected chi connectivity index (χ0v) is 17.1. The third-order valence-corrected chi connectivity index (χ3v) is 6.35. The van der Waals surface area contributed by atoms with Gasteiger partial charge in [0.15, 0.2) is 0 Å². The zero-order valence-electron chi connectivity index (χ0n) is 14.0. The molecule has 1 fully saturated rings. The number of thiophene rings is 1. The minimum Gasteiger partial charge on any atom is -0.450 e.